The van der Waals surface area contributed by atoms with Crippen LogP contribution in [0.15, 0.2) is 54.6 Å². The first-order valence-corrected chi connectivity index (χ1v) is 9.17. The molecule has 1 amide bonds. The highest BCUT2D eigenvalue weighted by molar-refractivity contribution is 5.77. The molecule has 0 aliphatic heterocycles. The Balaban J connectivity index is 1.58. The average molecular weight is 363 g/mol. The topological polar surface area (TPSA) is 56.1 Å². The average Bonchev–Trinajstić information content (AvgIpc) is 2.99. The van der Waals surface area contributed by atoms with Gasteiger partial charge >= 0.3 is 0 Å². The van der Waals surface area contributed by atoms with E-state index in [2.05, 4.69) is 17.3 Å². The maximum Gasteiger partial charge on any atom is 0.258 e. The summed E-state index contributed by atoms with van der Waals surface area (Å²) in [5, 5.41) is 7.52. The number of hydrogen-bond acceptors (Lipinski definition) is 3. The van der Waals surface area contributed by atoms with Crippen LogP contribution in [0.2, 0.25) is 0 Å². The van der Waals surface area contributed by atoms with Gasteiger partial charge in [0.1, 0.15) is 5.75 Å². The van der Waals surface area contributed by atoms with Crippen molar-refractivity contribution < 1.29 is 9.53 Å². The third kappa shape index (κ3) is 4.56. The van der Waals surface area contributed by atoms with E-state index in [1.807, 2.05) is 73.1 Å². The van der Waals surface area contributed by atoms with Crippen LogP contribution in [0.3, 0.4) is 0 Å². The van der Waals surface area contributed by atoms with Crippen molar-refractivity contribution in [1.29, 1.82) is 0 Å². The molecule has 5 nitrogen and oxygen atoms in total. The van der Waals surface area contributed by atoms with Gasteiger partial charge in [-0.25, -0.2) is 4.68 Å². The highest BCUT2D eigenvalue weighted by atomic mass is 16.5. The Labute approximate surface area is 160 Å². The Morgan fingerprint density at radius 1 is 1.07 bits per heavy atom. The smallest absolute Gasteiger partial charge is 0.258 e. The first-order chi connectivity index (χ1) is 13.1. The third-order valence-electron chi connectivity index (χ3n) is 4.61. The van der Waals surface area contributed by atoms with Crippen molar-refractivity contribution in [1.82, 2.24) is 15.1 Å². The van der Waals surface area contributed by atoms with E-state index in [1.165, 1.54) is 5.56 Å². The Kier molecular flexibility index (Phi) is 5.91. The van der Waals surface area contributed by atoms with Crippen LogP contribution >= 0.6 is 0 Å². The number of aromatic nitrogens is 2. The minimum atomic E-state index is -0.152. The summed E-state index contributed by atoms with van der Waals surface area (Å²) in [6.45, 7) is 6.51. The molecule has 3 rings (SSSR count). The molecule has 0 bridgehead atoms. The van der Waals surface area contributed by atoms with Gasteiger partial charge in [0.15, 0.2) is 6.61 Å². The van der Waals surface area contributed by atoms with Gasteiger partial charge in [-0.2, -0.15) is 5.10 Å². The molecule has 3 aromatic rings. The van der Waals surface area contributed by atoms with Crippen molar-refractivity contribution in [2.45, 2.75) is 33.7 Å². The maximum absolute atomic E-state index is 12.1. The van der Waals surface area contributed by atoms with Crippen molar-refractivity contribution in [3.05, 3.63) is 77.1 Å². The maximum atomic E-state index is 12.1. The zero-order chi connectivity index (χ0) is 19.2. The lowest BCUT2D eigenvalue weighted by atomic mass is 10.2. The number of benzene rings is 2. The van der Waals surface area contributed by atoms with Crippen molar-refractivity contribution in [2.24, 2.45) is 0 Å². The normalized spacial score (nSPS) is 10.6. The summed E-state index contributed by atoms with van der Waals surface area (Å²) < 4.78 is 7.46. The molecule has 0 unspecified atom stereocenters. The highest BCUT2D eigenvalue weighted by Gasteiger charge is 2.13. The molecule has 0 spiro atoms. The summed E-state index contributed by atoms with van der Waals surface area (Å²) in [4.78, 5) is 12.1. The Bertz CT molecular complexity index is 899. The van der Waals surface area contributed by atoms with Crippen LogP contribution < -0.4 is 10.1 Å². The molecule has 0 aliphatic rings. The van der Waals surface area contributed by atoms with Gasteiger partial charge in [-0.1, -0.05) is 37.3 Å². The number of amides is 1. The van der Waals surface area contributed by atoms with Crippen molar-refractivity contribution >= 4 is 5.91 Å². The van der Waals surface area contributed by atoms with Gasteiger partial charge in [-0.15, -0.1) is 0 Å². The van der Waals surface area contributed by atoms with Crippen LogP contribution in [0.4, 0.5) is 0 Å². The lowest BCUT2D eigenvalue weighted by molar-refractivity contribution is -0.123. The van der Waals surface area contributed by atoms with E-state index < -0.39 is 0 Å². The van der Waals surface area contributed by atoms with E-state index >= 15 is 0 Å². The molecule has 2 aromatic carbocycles. The molecule has 0 atom stereocenters. The predicted octanol–water partition coefficient (Wildman–Crippen LogP) is 3.75. The van der Waals surface area contributed by atoms with Gasteiger partial charge in [0.05, 0.1) is 11.4 Å². The number of nitrogens with zero attached hydrogens (tertiary/aromatic N) is 2. The fourth-order valence-electron chi connectivity index (χ4n) is 2.96. The second kappa shape index (κ2) is 8.54. The van der Waals surface area contributed by atoms with E-state index in [0.29, 0.717) is 12.3 Å². The summed E-state index contributed by atoms with van der Waals surface area (Å²) in [7, 11) is 0. The molecule has 140 valence electrons. The zero-order valence-electron chi connectivity index (χ0n) is 16.0. The number of hydrogen-bond donors (Lipinski definition) is 1. The number of nitrogens with one attached hydrogen (secondary N) is 1. The fourth-order valence-corrected chi connectivity index (χ4v) is 2.96. The van der Waals surface area contributed by atoms with E-state index in [0.717, 1.165) is 29.1 Å². The minimum Gasteiger partial charge on any atom is -0.484 e. The Morgan fingerprint density at radius 2 is 1.78 bits per heavy atom. The van der Waals surface area contributed by atoms with Crippen LogP contribution in [-0.2, 0) is 17.8 Å². The molecule has 1 aromatic heterocycles. The predicted molar refractivity (Wildman–Crippen MR) is 106 cm³/mol. The summed E-state index contributed by atoms with van der Waals surface area (Å²) in [5.41, 5.74) is 5.21. The van der Waals surface area contributed by atoms with Crippen LogP contribution in [0.25, 0.3) is 5.69 Å². The standard InChI is InChI=1S/C22H25N3O2/c1-4-18-10-12-20(13-11-18)27-15-22(26)23-14-21-16(2)24-25(17(21)3)19-8-6-5-7-9-19/h5-13H,4,14-15H2,1-3H3,(H,23,26). The number of aryl methyl sites for hydroxylation is 2. The molecule has 0 saturated carbocycles. The van der Waals surface area contributed by atoms with E-state index in [4.69, 9.17) is 4.74 Å². The first-order valence-electron chi connectivity index (χ1n) is 9.17. The van der Waals surface area contributed by atoms with Crippen molar-refractivity contribution in [3.63, 3.8) is 0 Å². The second-order valence-corrected chi connectivity index (χ2v) is 6.46. The molecule has 5 heteroatoms. The van der Waals surface area contributed by atoms with E-state index in [-0.39, 0.29) is 12.5 Å². The van der Waals surface area contributed by atoms with E-state index in [1.54, 1.807) is 0 Å². The molecule has 27 heavy (non-hydrogen) atoms. The molecule has 0 fully saturated rings. The summed E-state index contributed by atoms with van der Waals surface area (Å²) in [6, 6.07) is 17.8. The summed E-state index contributed by atoms with van der Waals surface area (Å²) in [6.07, 6.45) is 0.982. The number of rotatable bonds is 7. The van der Waals surface area contributed by atoms with Gasteiger partial charge in [0.2, 0.25) is 0 Å². The lowest BCUT2D eigenvalue weighted by Crippen LogP contribution is -2.28. The number of carbonyl (C=O) groups excluding carboxylic acids is 1. The SMILES string of the molecule is CCc1ccc(OCC(=O)NCc2c(C)nn(-c3ccccc3)c2C)cc1. The lowest BCUT2D eigenvalue weighted by Gasteiger charge is -2.09. The number of para-hydroxylation sites is 1. The molecule has 1 N–H and O–H groups in total. The summed E-state index contributed by atoms with van der Waals surface area (Å²) in [5.74, 6) is 0.549. The monoisotopic (exact) mass is 363 g/mol. The van der Waals surface area contributed by atoms with Crippen LogP contribution in [-0.4, -0.2) is 22.3 Å². The van der Waals surface area contributed by atoms with Gasteiger partial charge in [0, 0.05) is 17.8 Å². The Morgan fingerprint density at radius 3 is 2.44 bits per heavy atom. The van der Waals surface area contributed by atoms with Gasteiger partial charge in [0.25, 0.3) is 5.91 Å². The first kappa shape index (κ1) is 18.7. The van der Waals surface area contributed by atoms with Crippen LogP contribution in [0.1, 0.15) is 29.4 Å². The molecule has 1 heterocycles. The molecule has 0 aliphatic carbocycles. The van der Waals surface area contributed by atoms with Crippen LogP contribution in [0, 0.1) is 13.8 Å². The molecule has 0 radical (unpaired) electrons. The highest BCUT2D eigenvalue weighted by Crippen LogP contribution is 2.17. The largest absolute Gasteiger partial charge is 0.484 e. The quantitative estimate of drug-likeness (QED) is 0.696. The van der Waals surface area contributed by atoms with Gasteiger partial charge in [-0.05, 0) is 50.1 Å². The fraction of sp³-hybridized carbons (Fsp3) is 0.273. The third-order valence-corrected chi connectivity index (χ3v) is 4.61. The van der Waals surface area contributed by atoms with Crippen LogP contribution in [0.5, 0.6) is 5.75 Å². The van der Waals surface area contributed by atoms with Gasteiger partial charge in [-0.3, -0.25) is 4.79 Å². The molecular formula is C22H25N3O2. The van der Waals surface area contributed by atoms with E-state index in [9.17, 15) is 4.79 Å². The number of carbonyl (C=O) groups is 1. The molecular weight excluding hydrogens is 338 g/mol. The number of ether oxygens (including phenoxy) is 1. The van der Waals surface area contributed by atoms with Crippen molar-refractivity contribution in [2.75, 3.05) is 6.61 Å². The molecule has 0 saturated heterocycles. The van der Waals surface area contributed by atoms with Gasteiger partial charge < -0.3 is 10.1 Å². The zero-order valence-corrected chi connectivity index (χ0v) is 16.0. The minimum absolute atomic E-state index is 0.00358. The summed E-state index contributed by atoms with van der Waals surface area (Å²) >= 11 is 0. The Hall–Kier alpha value is -3.08. The van der Waals surface area contributed by atoms with Crippen molar-refractivity contribution in [3.8, 4) is 11.4 Å². The second-order valence-electron chi connectivity index (χ2n) is 6.46.